The highest BCUT2D eigenvalue weighted by molar-refractivity contribution is 5.90. The summed E-state index contributed by atoms with van der Waals surface area (Å²) in [5.74, 6) is -0.631. The number of aliphatic hydroxyl groups is 2. The summed E-state index contributed by atoms with van der Waals surface area (Å²) >= 11 is 0. The lowest BCUT2D eigenvalue weighted by molar-refractivity contribution is -0.123. The van der Waals surface area contributed by atoms with Gasteiger partial charge in [-0.3, -0.25) is 15.1 Å². The highest BCUT2D eigenvalue weighted by Crippen LogP contribution is 2.29. The van der Waals surface area contributed by atoms with Gasteiger partial charge in [0.2, 0.25) is 5.91 Å². The zero-order valence-corrected chi connectivity index (χ0v) is 16.5. The fraction of sp³-hybridized carbons (Fsp3) is 0.300. The monoisotopic (exact) mass is 431 g/mol. The lowest BCUT2D eigenvalue weighted by Crippen LogP contribution is -2.35. The minimum absolute atomic E-state index is 0.141. The molecular weight excluding hydrogens is 409 g/mol. The smallest absolute Gasteiger partial charge is 0.414 e. The summed E-state index contributed by atoms with van der Waals surface area (Å²) in [5, 5.41) is 27.8. The first-order valence-electron chi connectivity index (χ1n) is 9.46. The number of pyridine rings is 1. The highest BCUT2D eigenvalue weighted by atomic mass is 19.1. The molecule has 0 spiro atoms. The molecule has 1 aromatic carbocycles. The van der Waals surface area contributed by atoms with Gasteiger partial charge < -0.3 is 25.2 Å². The van der Waals surface area contributed by atoms with Crippen LogP contribution in [0.25, 0.3) is 11.1 Å². The standard InChI is InChI=1S/C20H22FN5O5/c21-17-7-14(26-9-15(10-27)31-20(26)30)2-3-16(17)13-1-4-18(24-8-13)25(12-22)6-5-23-19(29)11-28/h1-4,7-8,12,15,22,27-28H,5-6,9-11H2,(H,23,29). The quantitative estimate of drug-likeness (QED) is 0.339. The van der Waals surface area contributed by atoms with Crippen LogP contribution in [0, 0.1) is 11.2 Å². The number of aromatic nitrogens is 1. The summed E-state index contributed by atoms with van der Waals surface area (Å²) in [4.78, 5) is 29.9. The van der Waals surface area contributed by atoms with Crippen LogP contribution in [-0.2, 0) is 9.53 Å². The molecule has 1 atom stereocenters. The fourth-order valence-electron chi connectivity index (χ4n) is 3.07. The van der Waals surface area contributed by atoms with E-state index in [-0.39, 0.29) is 31.8 Å². The summed E-state index contributed by atoms with van der Waals surface area (Å²) < 4.78 is 19.7. The Balaban J connectivity index is 1.71. The average molecular weight is 431 g/mol. The molecule has 1 aromatic heterocycles. The molecule has 0 aliphatic carbocycles. The molecule has 0 bridgehead atoms. The van der Waals surface area contributed by atoms with E-state index in [2.05, 4.69) is 10.3 Å². The van der Waals surface area contributed by atoms with Crippen molar-refractivity contribution in [1.29, 1.82) is 5.41 Å². The first-order valence-corrected chi connectivity index (χ1v) is 9.46. The second-order valence-electron chi connectivity index (χ2n) is 6.70. The van der Waals surface area contributed by atoms with E-state index in [4.69, 9.17) is 20.4 Å². The van der Waals surface area contributed by atoms with Crippen LogP contribution < -0.4 is 15.1 Å². The largest absolute Gasteiger partial charge is 0.441 e. The number of aliphatic hydroxyl groups excluding tert-OH is 2. The molecule has 1 saturated heterocycles. The van der Waals surface area contributed by atoms with Gasteiger partial charge in [0.05, 0.1) is 25.2 Å². The summed E-state index contributed by atoms with van der Waals surface area (Å²) in [6.07, 6.45) is 1.24. The second kappa shape index (κ2) is 9.96. The molecule has 2 amide bonds. The number of nitrogens with one attached hydrogen (secondary N) is 2. The van der Waals surface area contributed by atoms with Crippen LogP contribution in [0.4, 0.5) is 20.7 Å². The molecule has 4 N–H and O–H groups in total. The van der Waals surface area contributed by atoms with E-state index in [1.54, 1.807) is 18.2 Å². The number of amides is 2. The number of halogens is 1. The molecule has 1 aliphatic heterocycles. The molecule has 0 radical (unpaired) electrons. The Bertz CT molecular complexity index is 955. The summed E-state index contributed by atoms with van der Waals surface area (Å²) in [7, 11) is 0. The summed E-state index contributed by atoms with van der Waals surface area (Å²) in [6.45, 7) is -0.289. The van der Waals surface area contributed by atoms with Gasteiger partial charge in [-0.05, 0) is 30.3 Å². The third kappa shape index (κ3) is 5.13. The number of cyclic esters (lactones) is 1. The zero-order valence-electron chi connectivity index (χ0n) is 16.5. The molecule has 10 nitrogen and oxygen atoms in total. The maximum atomic E-state index is 14.7. The van der Waals surface area contributed by atoms with Crippen LogP contribution in [0.3, 0.4) is 0 Å². The van der Waals surface area contributed by atoms with Gasteiger partial charge in [0.25, 0.3) is 0 Å². The van der Waals surface area contributed by atoms with E-state index in [1.165, 1.54) is 28.1 Å². The maximum absolute atomic E-state index is 14.7. The van der Waals surface area contributed by atoms with E-state index in [0.29, 0.717) is 17.1 Å². The van der Waals surface area contributed by atoms with E-state index in [9.17, 15) is 14.0 Å². The van der Waals surface area contributed by atoms with E-state index in [0.717, 1.165) is 6.34 Å². The highest BCUT2D eigenvalue weighted by Gasteiger charge is 2.32. The van der Waals surface area contributed by atoms with Gasteiger partial charge in [0.15, 0.2) is 0 Å². The van der Waals surface area contributed by atoms with Crippen molar-refractivity contribution in [1.82, 2.24) is 10.3 Å². The van der Waals surface area contributed by atoms with E-state index >= 15 is 0 Å². The van der Waals surface area contributed by atoms with Gasteiger partial charge in [-0.1, -0.05) is 0 Å². The predicted octanol–water partition coefficient (Wildman–Crippen LogP) is 0.727. The van der Waals surface area contributed by atoms with Gasteiger partial charge in [0, 0.05) is 30.4 Å². The molecule has 11 heteroatoms. The second-order valence-corrected chi connectivity index (χ2v) is 6.70. The Labute approximate surface area is 177 Å². The molecule has 31 heavy (non-hydrogen) atoms. The first kappa shape index (κ1) is 22.1. The van der Waals surface area contributed by atoms with Crippen molar-refractivity contribution in [2.75, 3.05) is 42.6 Å². The van der Waals surface area contributed by atoms with Crippen molar-refractivity contribution >= 4 is 29.8 Å². The summed E-state index contributed by atoms with van der Waals surface area (Å²) in [6, 6.07) is 7.60. The van der Waals surface area contributed by atoms with Gasteiger partial charge in [-0.25, -0.2) is 14.2 Å². The number of carbonyl (C=O) groups is 2. The SMILES string of the molecule is N=CN(CCNC(=O)CO)c1ccc(-c2ccc(N3CC(CO)OC3=O)cc2F)cn1. The Morgan fingerprint density at radius 3 is 2.77 bits per heavy atom. The minimum Gasteiger partial charge on any atom is -0.441 e. The number of anilines is 2. The lowest BCUT2D eigenvalue weighted by atomic mass is 10.1. The average Bonchev–Trinajstić information content (AvgIpc) is 3.17. The van der Waals surface area contributed by atoms with E-state index < -0.39 is 30.5 Å². The molecule has 2 heterocycles. The Hall–Kier alpha value is -3.57. The molecular formula is C20H22FN5O5. The fourth-order valence-corrected chi connectivity index (χ4v) is 3.07. The van der Waals surface area contributed by atoms with Crippen molar-refractivity contribution in [3.63, 3.8) is 0 Å². The molecule has 1 fully saturated rings. The van der Waals surface area contributed by atoms with E-state index in [1.807, 2.05) is 0 Å². The van der Waals surface area contributed by atoms with Crippen LogP contribution in [0.2, 0.25) is 0 Å². The van der Waals surface area contributed by atoms with Crippen molar-refractivity contribution in [2.24, 2.45) is 0 Å². The summed E-state index contributed by atoms with van der Waals surface area (Å²) in [5.41, 5.74) is 1.11. The van der Waals surface area contributed by atoms with Gasteiger partial charge >= 0.3 is 6.09 Å². The normalized spacial score (nSPS) is 15.5. The van der Waals surface area contributed by atoms with Gasteiger partial charge in [-0.2, -0.15) is 0 Å². The van der Waals surface area contributed by atoms with Crippen molar-refractivity contribution < 1.29 is 28.9 Å². The number of benzene rings is 1. The van der Waals surface area contributed by atoms with Crippen LogP contribution in [0.5, 0.6) is 0 Å². The number of ether oxygens (including phenoxy) is 1. The number of nitrogens with zero attached hydrogens (tertiary/aromatic N) is 3. The Morgan fingerprint density at radius 1 is 1.39 bits per heavy atom. The number of hydrogen-bond acceptors (Lipinski definition) is 7. The predicted molar refractivity (Wildman–Crippen MR) is 111 cm³/mol. The molecule has 164 valence electrons. The number of hydrogen-bond donors (Lipinski definition) is 4. The number of carbonyl (C=O) groups excluding carboxylic acids is 2. The first-order chi connectivity index (χ1) is 15.0. The third-order valence-electron chi connectivity index (χ3n) is 4.67. The molecule has 1 aliphatic rings. The van der Waals surface area contributed by atoms with Crippen molar-refractivity contribution in [2.45, 2.75) is 6.10 Å². The molecule has 0 saturated carbocycles. The topological polar surface area (TPSA) is 139 Å². The molecule has 3 rings (SSSR count). The van der Waals surface area contributed by atoms with Crippen LogP contribution in [0.1, 0.15) is 0 Å². The number of rotatable bonds is 9. The zero-order chi connectivity index (χ0) is 22.4. The van der Waals surface area contributed by atoms with Crippen LogP contribution in [0.15, 0.2) is 36.5 Å². The molecule has 2 aromatic rings. The Kier molecular flexibility index (Phi) is 7.11. The maximum Gasteiger partial charge on any atom is 0.414 e. The Morgan fingerprint density at radius 2 is 2.19 bits per heavy atom. The van der Waals surface area contributed by atoms with Crippen LogP contribution >= 0.6 is 0 Å². The molecule has 1 unspecified atom stereocenters. The van der Waals surface area contributed by atoms with Crippen molar-refractivity contribution in [3.8, 4) is 11.1 Å². The van der Waals surface area contributed by atoms with Gasteiger partial charge in [0.1, 0.15) is 24.3 Å². The van der Waals surface area contributed by atoms with Gasteiger partial charge in [-0.15, -0.1) is 0 Å². The van der Waals surface area contributed by atoms with Crippen molar-refractivity contribution in [3.05, 3.63) is 42.3 Å². The lowest BCUT2D eigenvalue weighted by Gasteiger charge is -2.18. The van der Waals surface area contributed by atoms with Crippen LogP contribution in [-0.4, -0.2) is 72.5 Å². The third-order valence-corrected chi connectivity index (χ3v) is 4.67. The minimum atomic E-state index is -0.640.